The maximum absolute atomic E-state index is 13.3. The number of aliphatic hydroxyl groups is 1. The summed E-state index contributed by atoms with van der Waals surface area (Å²) in [5, 5.41) is 8.81. The average Bonchev–Trinajstić information content (AvgIpc) is 2.43. The predicted molar refractivity (Wildman–Crippen MR) is 74.5 cm³/mol. The van der Waals surface area contributed by atoms with Crippen LogP contribution in [-0.4, -0.2) is 13.5 Å². The fraction of sp³-hybridized carbons (Fsp3) is 0.0769. The molecule has 0 atom stereocenters. The van der Waals surface area contributed by atoms with Gasteiger partial charge in [-0.05, 0) is 36.4 Å². The van der Waals surface area contributed by atoms with Gasteiger partial charge in [0.2, 0.25) is 0 Å². The van der Waals surface area contributed by atoms with Gasteiger partial charge < -0.3 is 5.11 Å². The normalized spacial score (nSPS) is 11.4. The van der Waals surface area contributed by atoms with Crippen molar-refractivity contribution < 1.29 is 22.3 Å². The molecule has 2 aromatic rings. The minimum absolute atomic E-state index is 0.0215. The van der Waals surface area contributed by atoms with E-state index in [1.54, 1.807) is 0 Å². The second-order valence-electron chi connectivity index (χ2n) is 4.15. The van der Waals surface area contributed by atoms with Gasteiger partial charge in [0.05, 0.1) is 22.2 Å². The van der Waals surface area contributed by atoms with Gasteiger partial charge in [-0.2, -0.15) is 0 Å². The van der Waals surface area contributed by atoms with Crippen LogP contribution in [0.3, 0.4) is 0 Å². The van der Waals surface area contributed by atoms with Crippen LogP contribution in [0.2, 0.25) is 5.02 Å². The molecular weight excluding hydrogens is 324 g/mol. The maximum Gasteiger partial charge on any atom is 0.261 e. The number of anilines is 1. The summed E-state index contributed by atoms with van der Waals surface area (Å²) in [4.78, 5) is -0.247. The Bertz CT molecular complexity index is 781. The van der Waals surface area contributed by atoms with Crippen LogP contribution in [0.15, 0.2) is 41.3 Å². The fourth-order valence-electron chi connectivity index (χ4n) is 1.61. The molecule has 2 aromatic carbocycles. The first-order valence-corrected chi connectivity index (χ1v) is 7.57. The second-order valence-corrected chi connectivity index (χ2v) is 6.24. The van der Waals surface area contributed by atoms with Gasteiger partial charge in [0, 0.05) is 5.56 Å². The van der Waals surface area contributed by atoms with Gasteiger partial charge in [-0.3, -0.25) is 4.72 Å². The zero-order valence-electron chi connectivity index (χ0n) is 10.5. The number of rotatable bonds is 4. The number of benzene rings is 2. The number of hydrogen-bond donors (Lipinski definition) is 2. The van der Waals surface area contributed by atoms with E-state index in [9.17, 15) is 17.2 Å². The van der Waals surface area contributed by atoms with Gasteiger partial charge in [-0.1, -0.05) is 11.6 Å². The number of nitrogens with one attached hydrogen (secondary N) is 1. The van der Waals surface area contributed by atoms with Crippen LogP contribution in [0.25, 0.3) is 0 Å². The molecule has 0 saturated carbocycles. The van der Waals surface area contributed by atoms with Crippen molar-refractivity contribution in [1.82, 2.24) is 0 Å². The molecule has 0 heterocycles. The number of halogens is 3. The smallest absolute Gasteiger partial charge is 0.261 e. The van der Waals surface area contributed by atoms with Crippen molar-refractivity contribution in [3.63, 3.8) is 0 Å². The van der Waals surface area contributed by atoms with Crippen LogP contribution >= 0.6 is 11.6 Å². The van der Waals surface area contributed by atoms with E-state index in [-0.39, 0.29) is 21.2 Å². The van der Waals surface area contributed by atoms with Crippen molar-refractivity contribution in [3.8, 4) is 0 Å². The van der Waals surface area contributed by atoms with Gasteiger partial charge >= 0.3 is 0 Å². The largest absolute Gasteiger partial charge is 0.392 e. The van der Waals surface area contributed by atoms with Crippen LogP contribution in [0, 0.1) is 11.6 Å². The highest BCUT2D eigenvalue weighted by Gasteiger charge is 2.17. The molecule has 0 aromatic heterocycles. The van der Waals surface area contributed by atoms with E-state index in [1.165, 1.54) is 12.1 Å². The number of hydrogen-bond acceptors (Lipinski definition) is 3. The molecule has 0 spiro atoms. The standard InChI is InChI=1S/C13H10ClF2NO3S/c14-11-3-1-9(6-13(11)16)17-21(19,20)10-2-4-12(15)8(5-10)7-18/h1-6,17-18H,7H2. The highest BCUT2D eigenvalue weighted by Crippen LogP contribution is 2.22. The zero-order chi connectivity index (χ0) is 15.6. The summed E-state index contributed by atoms with van der Waals surface area (Å²) in [7, 11) is -4.03. The number of sulfonamides is 1. The third-order valence-corrected chi connectivity index (χ3v) is 4.36. The molecular formula is C13H10ClF2NO3S. The predicted octanol–water partition coefficient (Wildman–Crippen LogP) is 2.91. The van der Waals surface area contributed by atoms with Gasteiger partial charge in [-0.15, -0.1) is 0 Å². The molecule has 0 aliphatic rings. The third kappa shape index (κ3) is 3.49. The highest BCUT2D eigenvalue weighted by atomic mass is 35.5. The summed E-state index contributed by atoms with van der Waals surface area (Å²) in [5.41, 5.74) is -0.174. The van der Waals surface area contributed by atoms with Gasteiger partial charge in [0.25, 0.3) is 10.0 Å². The van der Waals surface area contributed by atoms with E-state index in [4.69, 9.17) is 16.7 Å². The van der Waals surface area contributed by atoms with Gasteiger partial charge in [-0.25, -0.2) is 17.2 Å². The van der Waals surface area contributed by atoms with Crippen molar-refractivity contribution >= 4 is 27.3 Å². The Balaban J connectivity index is 2.35. The minimum atomic E-state index is -4.03. The Labute approximate surface area is 125 Å². The van der Waals surface area contributed by atoms with E-state index in [1.807, 2.05) is 0 Å². The van der Waals surface area contributed by atoms with Crippen LogP contribution in [0.4, 0.5) is 14.5 Å². The molecule has 0 bridgehead atoms. The molecule has 0 unspecified atom stereocenters. The lowest BCUT2D eigenvalue weighted by Gasteiger charge is -2.10. The summed E-state index contributed by atoms with van der Waals surface area (Å²) in [5.74, 6) is -1.49. The molecule has 0 aliphatic carbocycles. The summed E-state index contributed by atoms with van der Waals surface area (Å²) >= 11 is 5.50. The quantitative estimate of drug-likeness (QED) is 0.904. The maximum atomic E-state index is 13.3. The molecule has 112 valence electrons. The Morgan fingerprint density at radius 3 is 2.43 bits per heavy atom. The molecule has 0 aliphatic heterocycles. The average molecular weight is 334 g/mol. The molecule has 0 fully saturated rings. The lowest BCUT2D eigenvalue weighted by Crippen LogP contribution is -2.13. The van der Waals surface area contributed by atoms with Gasteiger partial charge in [0.1, 0.15) is 11.6 Å². The second kappa shape index (κ2) is 5.97. The van der Waals surface area contributed by atoms with Crippen LogP contribution in [-0.2, 0) is 16.6 Å². The molecule has 21 heavy (non-hydrogen) atoms. The van der Waals surface area contributed by atoms with E-state index in [0.29, 0.717) is 0 Å². The molecule has 0 radical (unpaired) electrons. The van der Waals surface area contributed by atoms with Crippen molar-refractivity contribution in [1.29, 1.82) is 0 Å². The van der Waals surface area contributed by atoms with E-state index < -0.39 is 28.3 Å². The third-order valence-electron chi connectivity index (χ3n) is 2.67. The Kier molecular flexibility index (Phi) is 4.46. The van der Waals surface area contributed by atoms with E-state index in [2.05, 4.69) is 4.72 Å². The lowest BCUT2D eigenvalue weighted by molar-refractivity contribution is 0.275. The Hall–Kier alpha value is -1.70. The van der Waals surface area contributed by atoms with E-state index >= 15 is 0 Å². The fourth-order valence-corrected chi connectivity index (χ4v) is 2.83. The molecule has 0 amide bonds. The first-order valence-electron chi connectivity index (χ1n) is 5.70. The SMILES string of the molecule is O=S(=O)(Nc1ccc(Cl)c(F)c1)c1ccc(F)c(CO)c1. The molecule has 2 N–H and O–H groups in total. The summed E-state index contributed by atoms with van der Waals surface area (Å²) < 4.78 is 52.9. The first kappa shape index (κ1) is 15.7. The molecule has 0 saturated heterocycles. The first-order chi connectivity index (χ1) is 9.83. The minimum Gasteiger partial charge on any atom is -0.392 e. The van der Waals surface area contributed by atoms with Crippen molar-refractivity contribution in [3.05, 3.63) is 58.6 Å². The summed E-state index contributed by atoms with van der Waals surface area (Å²) in [6.45, 7) is -0.634. The molecule has 2 rings (SSSR count). The topological polar surface area (TPSA) is 66.4 Å². The zero-order valence-corrected chi connectivity index (χ0v) is 12.0. The molecule has 8 heteroatoms. The number of aliphatic hydroxyl groups excluding tert-OH is 1. The van der Waals surface area contributed by atoms with Crippen molar-refractivity contribution in [2.24, 2.45) is 0 Å². The summed E-state index contributed by atoms with van der Waals surface area (Å²) in [6.07, 6.45) is 0. The Morgan fingerprint density at radius 2 is 1.81 bits per heavy atom. The van der Waals surface area contributed by atoms with Crippen molar-refractivity contribution in [2.45, 2.75) is 11.5 Å². The monoisotopic (exact) mass is 333 g/mol. The van der Waals surface area contributed by atoms with Crippen LogP contribution < -0.4 is 4.72 Å². The van der Waals surface area contributed by atoms with Crippen LogP contribution in [0.5, 0.6) is 0 Å². The van der Waals surface area contributed by atoms with Crippen molar-refractivity contribution in [2.75, 3.05) is 4.72 Å². The highest BCUT2D eigenvalue weighted by molar-refractivity contribution is 7.92. The summed E-state index contributed by atoms with van der Waals surface area (Å²) in [6, 6.07) is 6.41. The Morgan fingerprint density at radius 1 is 1.10 bits per heavy atom. The van der Waals surface area contributed by atoms with Crippen LogP contribution in [0.1, 0.15) is 5.56 Å². The van der Waals surface area contributed by atoms with Gasteiger partial charge in [0.15, 0.2) is 0 Å². The van der Waals surface area contributed by atoms with E-state index in [0.717, 1.165) is 24.3 Å². The molecule has 4 nitrogen and oxygen atoms in total. The lowest BCUT2D eigenvalue weighted by atomic mass is 10.2.